The highest BCUT2D eigenvalue weighted by Crippen LogP contribution is 2.21. The molecule has 1 N–H and O–H groups in total. The van der Waals surface area contributed by atoms with Crippen molar-refractivity contribution in [3.63, 3.8) is 0 Å². The minimum atomic E-state index is -0.191. The van der Waals surface area contributed by atoms with Crippen molar-refractivity contribution in [3.8, 4) is 0 Å². The van der Waals surface area contributed by atoms with E-state index >= 15 is 0 Å². The van der Waals surface area contributed by atoms with Gasteiger partial charge in [0.15, 0.2) is 5.13 Å². The topological polar surface area (TPSA) is 79.7 Å². The Morgan fingerprint density at radius 1 is 1.48 bits per heavy atom. The van der Waals surface area contributed by atoms with Crippen LogP contribution in [0.1, 0.15) is 11.3 Å². The molecule has 0 aliphatic carbocycles. The van der Waals surface area contributed by atoms with Crippen LogP contribution in [0.5, 0.6) is 0 Å². The van der Waals surface area contributed by atoms with Gasteiger partial charge in [-0.3, -0.25) is 9.78 Å². The predicted molar refractivity (Wildman–Crippen MR) is 88.8 cm³/mol. The SMILES string of the molecule is O=C(Cc1csc(N2CCOCC2)n1)N/N=C\c1cccnc1. The van der Waals surface area contributed by atoms with Crippen molar-refractivity contribution < 1.29 is 9.53 Å². The van der Waals surface area contributed by atoms with Crippen LogP contribution in [-0.2, 0) is 16.0 Å². The molecular weight excluding hydrogens is 314 g/mol. The predicted octanol–water partition coefficient (Wildman–Crippen LogP) is 1.07. The van der Waals surface area contributed by atoms with Gasteiger partial charge in [-0.1, -0.05) is 6.07 Å². The highest BCUT2D eigenvalue weighted by Gasteiger charge is 2.15. The number of carbonyl (C=O) groups excluding carboxylic acids is 1. The second kappa shape index (κ2) is 7.80. The van der Waals surface area contributed by atoms with Crippen LogP contribution < -0.4 is 10.3 Å². The van der Waals surface area contributed by atoms with Crippen molar-refractivity contribution in [3.05, 3.63) is 41.2 Å². The van der Waals surface area contributed by atoms with Crippen LogP contribution in [0, 0.1) is 0 Å². The molecule has 2 aromatic rings. The van der Waals surface area contributed by atoms with Gasteiger partial charge in [-0.15, -0.1) is 11.3 Å². The molecule has 0 aromatic carbocycles. The molecule has 0 bridgehead atoms. The molecule has 3 rings (SSSR count). The molecule has 0 radical (unpaired) electrons. The molecule has 8 heteroatoms. The summed E-state index contributed by atoms with van der Waals surface area (Å²) in [5.74, 6) is -0.191. The monoisotopic (exact) mass is 331 g/mol. The van der Waals surface area contributed by atoms with Crippen LogP contribution >= 0.6 is 11.3 Å². The van der Waals surface area contributed by atoms with Crippen molar-refractivity contribution in [1.82, 2.24) is 15.4 Å². The van der Waals surface area contributed by atoms with Crippen LogP contribution in [0.2, 0.25) is 0 Å². The van der Waals surface area contributed by atoms with E-state index in [4.69, 9.17) is 4.74 Å². The summed E-state index contributed by atoms with van der Waals surface area (Å²) in [6.07, 6.45) is 5.13. The van der Waals surface area contributed by atoms with Gasteiger partial charge >= 0.3 is 0 Å². The lowest BCUT2D eigenvalue weighted by Gasteiger charge is -2.26. The summed E-state index contributed by atoms with van der Waals surface area (Å²) in [7, 11) is 0. The summed E-state index contributed by atoms with van der Waals surface area (Å²) in [5, 5.41) is 6.77. The first-order chi connectivity index (χ1) is 11.3. The zero-order chi connectivity index (χ0) is 15.9. The number of aromatic nitrogens is 2. The molecule has 1 aliphatic rings. The third-order valence-corrected chi connectivity index (χ3v) is 4.20. The van der Waals surface area contributed by atoms with Gasteiger partial charge in [-0.25, -0.2) is 10.4 Å². The Morgan fingerprint density at radius 3 is 3.13 bits per heavy atom. The van der Waals surface area contributed by atoms with Gasteiger partial charge in [0.2, 0.25) is 5.91 Å². The molecule has 0 spiro atoms. The van der Waals surface area contributed by atoms with E-state index in [9.17, 15) is 4.79 Å². The minimum Gasteiger partial charge on any atom is -0.378 e. The average molecular weight is 331 g/mol. The van der Waals surface area contributed by atoms with E-state index in [0.717, 1.165) is 42.7 Å². The number of nitrogens with one attached hydrogen (secondary N) is 1. The number of carbonyl (C=O) groups is 1. The fraction of sp³-hybridized carbons (Fsp3) is 0.333. The van der Waals surface area contributed by atoms with E-state index in [0.29, 0.717) is 0 Å². The first kappa shape index (κ1) is 15.6. The quantitative estimate of drug-likeness (QED) is 0.655. The van der Waals surface area contributed by atoms with Crippen LogP contribution in [0.3, 0.4) is 0 Å². The van der Waals surface area contributed by atoms with Gasteiger partial charge in [0, 0.05) is 36.4 Å². The standard InChI is InChI=1S/C15H17N5O2S/c21-14(19-17-10-12-2-1-3-16-9-12)8-13-11-23-15(18-13)20-4-6-22-7-5-20/h1-3,9-11H,4-8H2,(H,19,21)/b17-10-. The lowest BCUT2D eigenvalue weighted by atomic mass is 10.3. The van der Waals surface area contributed by atoms with Crippen molar-refractivity contribution in [2.24, 2.45) is 5.10 Å². The Kier molecular flexibility index (Phi) is 5.28. The molecule has 23 heavy (non-hydrogen) atoms. The molecule has 120 valence electrons. The first-order valence-electron chi connectivity index (χ1n) is 7.30. The number of anilines is 1. The normalized spacial score (nSPS) is 15.0. The third-order valence-electron chi connectivity index (χ3n) is 3.25. The van der Waals surface area contributed by atoms with E-state index in [-0.39, 0.29) is 12.3 Å². The molecule has 1 amide bonds. The molecule has 7 nitrogen and oxygen atoms in total. The number of morpholine rings is 1. The first-order valence-corrected chi connectivity index (χ1v) is 8.18. The maximum Gasteiger partial charge on any atom is 0.246 e. The Balaban J connectivity index is 1.50. The minimum absolute atomic E-state index is 0.191. The number of nitrogens with zero attached hydrogens (tertiary/aromatic N) is 4. The van der Waals surface area contributed by atoms with E-state index < -0.39 is 0 Å². The molecule has 1 aliphatic heterocycles. The zero-order valence-corrected chi connectivity index (χ0v) is 13.3. The van der Waals surface area contributed by atoms with Crippen LogP contribution in [0.4, 0.5) is 5.13 Å². The highest BCUT2D eigenvalue weighted by atomic mass is 32.1. The van der Waals surface area contributed by atoms with Gasteiger partial charge in [0.05, 0.1) is 31.5 Å². The van der Waals surface area contributed by atoms with Gasteiger partial charge in [-0.2, -0.15) is 5.10 Å². The second-order valence-electron chi connectivity index (χ2n) is 4.98. The van der Waals surface area contributed by atoms with E-state index in [2.05, 4.69) is 25.4 Å². The van der Waals surface area contributed by atoms with E-state index in [1.807, 2.05) is 17.5 Å². The van der Waals surface area contributed by atoms with Crippen LogP contribution in [0.15, 0.2) is 35.0 Å². The lowest BCUT2D eigenvalue weighted by Crippen LogP contribution is -2.36. The molecule has 3 heterocycles. The van der Waals surface area contributed by atoms with Crippen molar-refractivity contribution >= 4 is 28.6 Å². The summed E-state index contributed by atoms with van der Waals surface area (Å²) < 4.78 is 5.32. The average Bonchev–Trinajstić information content (AvgIpc) is 3.05. The molecule has 2 aromatic heterocycles. The number of hydrazone groups is 1. The number of pyridine rings is 1. The summed E-state index contributed by atoms with van der Waals surface area (Å²) in [4.78, 5) is 22.5. The number of thiazole rings is 1. The van der Waals surface area contributed by atoms with Crippen LogP contribution in [-0.4, -0.2) is 48.4 Å². The zero-order valence-electron chi connectivity index (χ0n) is 12.5. The number of rotatable bonds is 5. The van der Waals surface area contributed by atoms with E-state index in [1.165, 1.54) is 0 Å². The maximum atomic E-state index is 11.9. The number of hydrogen-bond acceptors (Lipinski definition) is 7. The summed E-state index contributed by atoms with van der Waals surface area (Å²) >= 11 is 1.55. The largest absolute Gasteiger partial charge is 0.378 e. The molecule has 1 fully saturated rings. The molecule has 0 saturated carbocycles. The van der Waals surface area contributed by atoms with Crippen LogP contribution in [0.25, 0.3) is 0 Å². The molecular formula is C15H17N5O2S. The van der Waals surface area contributed by atoms with Crippen molar-refractivity contribution in [1.29, 1.82) is 0 Å². The van der Waals surface area contributed by atoms with Gasteiger partial charge < -0.3 is 9.64 Å². The second-order valence-corrected chi connectivity index (χ2v) is 5.81. The fourth-order valence-electron chi connectivity index (χ4n) is 2.11. The third kappa shape index (κ3) is 4.57. The maximum absolute atomic E-state index is 11.9. The fourth-order valence-corrected chi connectivity index (χ4v) is 2.99. The molecule has 0 unspecified atom stereocenters. The van der Waals surface area contributed by atoms with E-state index in [1.54, 1.807) is 29.9 Å². The van der Waals surface area contributed by atoms with Crippen molar-refractivity contribution in [2.45, 2.75) is 6.42 Å². The van der Waals surface area contributed by atoms with Crippen molar-refractivity contribution in [2.75, 3.05) is 31.2 Å². The van der Waals surface area contributed by atoms with Gasteiger partial charge in [0.1, 0.15) is 0 Å². The Labute approximate surface area is 138 Å². The number of amides is 1. The molecule has 0 atom stereocenters. The molecule has 1 saturated heterocycles. The highest BCUT2D eigenvalue weighted by molar-refractivity contribution is 7.13. The lowest BCUT2D eigenvalue weighted by molar-refractivity contribution is -0.120. The number of hydrogen-bond donors (Lipinski definition) is 1. The Bertz CT molecular complexity index is 668. The smallest absolute Gasteiger partial charge is 0.246 e. The van der Waals surface area contributed by atoms with Gasteiger partial charge in [0.25, 0.3) is 0 Å². The summed E-state index contributed by atoms with van der Waals surface area (Å²) in [5.41, 5.74) is 4.09. The Morgan fingerprint density at radius 2 is 2.35 bits per heavy atom. The summed E-state index contributed by atoms with van der Waals surface area (Å²) in [6.45, 7) is 3.13. The van der Waals surface area contributed by atoms with Gasteiger partial charge in [-0.05, 0) is 6.07 Å². The summed E-state index contributed by atoms with van der Waals surface area (Å²) in [6, 6.07) is 3.67. The Hall–Kier alpha value is -2.32. The number of ether oxygens (including phenoxy) is 1.